The molecule has 164 valence electrons. The molecule has 3 rings (SSSR count). The van der Waals surface area contributed by atoms with Crippen molar-refractivity contribution in [2.24, 2.45) is 0 Å². The second kappa shape index (κ2) is 9.61. The Morgan fingerprint density at radius 1 is 1.16 bits per heavy atom. The van der Waals surface area contributed by atoms with E-state index in [2.05, 4.69) is 10.6 Å². The van der Waals surface area contributed by atoms with Crippen molar-refractivity contribution in [3.63, 3.8) is 0 Å². The number of ether oxygens (including phenoxy) is 3. The Hall–Kier alpha value is -3.40. The van der Waals surface area contributed by atoms with Crippen LogP contribution >= 0.6 is 11.3 Å². The highest BCUT2D eigenvalue weighted by atomic mass is 32.1. The molecule has 0 spiro atoms. The molecule has 0 unspecified atom stereocenters. The Kier molecular flexibility index (Phi) is 6.91. The molecule has 0 fully saturated rings. The SMILES string of the molecule is CCOC(=O)c1c(NC(=O)COC(=O)c2ccc3c(c2)CCO3)sc(C(=O)NC)c1C. The summed E-state index contributed by atoms with van der Waals surface area (Å²) in [6.07, 6.45) is 0.707. The molecule has 9 nitrogen and oxygen atoms in total. The van der Waals surface area contributed by atoms with Gasteiger partial charge in [0.1, 0.15) is 10.8 Å². The summed E-state index contributed by atoms with van der Waals surface area (Å²) >= 11 is 0.946. The van der Waals surface area contributed by atoms with Crippen molar-refractivity contribution in [1.29, 1.82) is 0 Å². The quantitative estimate of drug-likeness (QED) is 0.626. The fourth-order valence-electron chi connectivity index (χ4n) is 3.07. The van der Waals surface area contributed by atoms with Gasteiger partial charge in [-0.25, -0.2) is 9.59 Å². The summed E-state index contributed by atoms with van der Waals surface area (Å²) in [5, 5.41) is 5.19. The molecule has 0 saturated carbocycles. The Bertz CT molecular complexity index is 1040. The fourth-order valence-corrected chi connectivity index (χ4v) is 4.23. The summed E-state index contributed by atoms with van der Waals surface area (Å²) < 4.78 is 15.5. The molecule has 2 amide bonds. The summed E-state index contributed by atoms with van der Waals surface area (Å²) in [5.41, 5.74) is 1.73. The van der Waals surface area contributed by atoms with Crippen LogP contribution in [0.15, 0.2) is 18.2 Å². The van der Waals surface area contributed by atoms with Crippen molar-refractivity contribution >= 4 is 40.1 Å². The maximum Gasteiger partial charge on any atom is 0.341 e. The van der Waals surface area contributed by atoms with Gasteiger partial charge < -0.3 is 24.8 Å². The topological polar surface area (TPSA) is 120 Å². The van der Waals surface area contributed by atoms with Crippen LogP contribution in [0.2, 0.25) is 0 Å². The van der Waals surface area contributed by atoms with Crippen LogP contribution in [-0.2, 0) is 20.7 Å². The number of thiophene rings is 1. The molecule has 1 aromatic heterocycles. The standard InChI is InChI=1S/C21H22N2O7S/c1-4-28-21(27)16-11(2)17(18(25)22-3)31-19(16)23-15(24)10-30-20(26)13-5-6-14-12(9-13)7-8-29-14/h5-6,9H,4,7-8,10H2,1-3H3,(H,22,25)(H,23,24). The lowest BCUT2D eigenvalue weighted by molar-refractivity contribution is -0.119. The summed E-state index contributed by atoms with van der Waals surface area (Å²) in [6.45, 7) is 3.40. The second-order valence-corrected chi connectivity index (χ2v) is 7.63. The van der Waals surface area contributed by atoms with Gasteiger partial charge in [0.2, 0.25) is 0 Å². The van der Waals surface area contributed by atoms with Crippen LogP contribution in [0.3, 0.4) is 0 Å². The zero-order valence-electron chi connectivity index (χ0n) is 17.3. The van der Waals surface area contributed by atoms with Gasteiger partial charge >= 0.3 is 11.9 Å². The van der Waals surface area contributed by atoms with Crippen LogP contribution < -0.4 is 15.4 Å². The minimum Gasteiger partial charge on any atom is -0.493 e. The number of esters is 2. The summed E-state index contributed by atoms with van der Waals surface area (Å²) in [5.74, 6) is -1.60. The molecule has 31 heavy (non-hydrogen) atoms. The van der Waals surface area contributed by atoms with Gasteiger partial charge in [-0.1, -0.05) is 0 Å². The van der Waals surface area contributed by atoms with E-state index in [0.717, 1.165) is 22.6 Å². The van der Waals surface area contributed by atoms with Crippen LogP contribution in [0.1, 0.15) is 48.4 Å². The predicted octanol–water partition coefficient (Wildman–Crippen LogP) is 2.32. The van der Waals surface area contributed by atoms with Crippen molar-refractivity contribution in [1.82, 2.24) is 5.32 Å². The van der Waals surface area contributed by atoms with Crippen molar-refractivity contribution in [3.05, 3.63) is 45.3 Å². The zero-order valence-corrected chi connectivity index (χ0v) is 18.1. The number of rotatable bonds is 7. The molecule has 2 heterocycles. The first-order valence-electron chi connectivity index (χ1n) is 9.61. The molecule has 0 atom stereocenters. The lowest BCUT2D eigenvalue weighted by atomic mass is 10.1. The van der Waals surface area contributed by atoms with E-state index in [4.69, 9.17) is 14.2 Å². The number of hydrogen-bond donors (Lipinski definition) is 2. The van der Waals surface area contributed by atoms with E-state index in [0.29, 0.717) is 24.2 Å². The second-order valence-electron chi connectivity index (χ2n) is 6.61. The molecule has 2 N–H and O–H groups in total. The zero-order chi connectivity index (χ0) is 22.5. The highest BCUT2D eigenvalue weighted by Crippen LogP contribution is 2.34. The fraction of sp³-hybridized carbons (Fsp3) is 0.333. The van der Waals surface area contributed by atoms with Crippen LogP contribution in [0.5, 0.6) is 5.75 Å². The minimum absolute atomic E-state index is 0.101. The molecule has 0 saturated heterocycles. The summed E-state index contributed by atoms with van der Waals surface area (Å²) in [4.78, 5) is 49.3. The van der Waals surface area contributed by atoms with Gasteiger partial charge in [0.05, 0.1) is 29.2 Å². The maximum absolute atomic E-state index is 12.4. The molecule has 0 aliphatic carbocycles. The van der Waals surface area contributed by atoms with Crippen molar-refractivity contribution < 1.29 is 33.4 Å². The van der Waals surface area contributed by atoms with Crippen LogP contribution in [0.4, 0.5) is 5.00 Å². The molecule has 1 aromatic carbocycles. The first kappa shape index (κ1) is 22.3. The first-order chi connectivity index (χ1) is 14.8. The van der Waals surface area contributed by atoms with Crippen molar-refractivity contribution in [2.75, 3.05) is 32.2 Å². The number of nitrogens with one attached hydrogen (secondary N) is 2. The lowest BCUT2D eigenvalue weighted by Crippen LogP contribution is -2.21. The third-order valence-corrected chi connectivity index (χ3v) is 5.78. The molecule has 10 heteroatoms. The van der Waals surface area contributed by atoms with Gasteiger partial charge in [0.25, 0.3) is 11.8 Å². The van der Waals surface area contributed by atoms with Gasteiger partial charge in [-0.3, -0.25) is 9.59 Å². The van der Waals surface area contributed by atoms with Crippen LogP contribution in [-0.4, -0.2) is 50.6 Å². The van der Waals surface area contributed by atoms with Crippen LogP contribution in [0.25, 0.3) is 0 Å². The highest BCUT2D eigenvalue weighted by molar-refractivity contribution is 7.18. The van der Waals surface area contributed by atoms with E-state index in [1.807, 2.05) is 0 Å². The van der Waals surface area contributed by atoms with E-state index in [1.165, 1.54) is 7.05 Å². The normalized spacial score (nSPS) is 11.8. The summed E-state index contributed by atoms with van der Waals surface area (Å²) in [7, 11) is 1.47. The third kappa shape index (κ3) is 4.85. The monoisotopic (exact) mass is 446 g/mol. The first-order valence-corrected chi connectivity index (χ1v) is 10.4. The van der Waals surface area contributed by atoms with E-state index in [-0.39, 0.29) is 28.0 Å². The Morgan fingerprint density at radius 3 is 2.65 bits per heavy atom. The Morgan fingerprint density at radius 2 is 1.94 bits per heavy atom. The number of amides is 2. The van der Waals surface area contributed by atoms with E-state index in [1.54, 1.807) is 32.0 Å². The Balaban J connectivity index is 1.70. The average Bonchev–Trinajstić information content (AvgIpc) is 3.35. The van der Waals surface area contributed by atoms with Crippen LogP contribution in [0, 0.1) is 6.92 Å². The predicted molar refractivity (Wildman–Crippen MR) is 113 cm³/mol. The number of benzene rings is 1. The van der Waals surface area contributed by atoms with Crippen molar-refractivity contribution in [3.8, 4) is 5.75 Å². The van der Waals surface area contributed by atoms with Gasteiger partial charge in [-0.2, -0.15) is 0 Å². The van der Waals surface area contributed by atoms with Crippen molar-refractivity contribution in [2.45, 2.75) is 20.3 Å². The summed E-state index contributed by atoms with van der Waals surface area (Å²) in [6, 6.07) is 4.95. The number of carbonyl (C=O) groups excluding carboxylic acids is 4. The number of fused-ring (bicyclic) bond motifs is 1. The van der Waals surface area contributed by atoms with Gasteiger partial charge in [0.15, 0.2) is 6.61 Å². The molecule has 2 aromatic rings. The third-order valence-electron chi connectivity index (χ3n) is 4.57. The van der Waals surface area contributed by atoms with E-state index in [9.17, 15) is 19.2 Å². The lowest BCUT2D eigenvalue weighted by Gasteiger charge is -2.08. The molecule has 0 radical (unpaired) electrons. The molecule has 1 aliphatic rings. The molecular weight excluding hydrogens is 424 g/mol. The molecule has 0 bridgehead atoms. The average molecular weight is 446 g/mol. The Labute approximate surface area is 182 Å². The van der Waals surface area contributed by atoms with Gasteiger partial charge in [-0.15, -0.1) is 11.3 Å². The number of anilines is 1. The minimum atomic E-state index is -0.654. The van der Waals surface area contributed by atoms with Gasteiger partial charge in [-0.05, 0) is 43.2 Å². The number of hydrogen-bond acceptors (Lipinski definition) is 8. The number of carbonyl (C=O) groups is 4. The molecule has 1 aliphatic heterocycles. The molecular formula is C21H22N2O7S. The van der Waals surface area contributed by atoms with E-state index >= 15 is 0 Å². The smallest absolute Gasteiger partial charge is 0.341 e. The van der Waals surface area contributed by atoms with Gasteiger partial charge in [0, 0.05) is 13.5 Å². The highest BCUT2D eigenvalue weighted by Gasteiger charge is 2.26. The largest absolute Gasteiger partial charge is 0.493 e. The van der Waals surface area contributed by atoms with E-state index < -0.39 is 24.5 Å². The maximum atomic E-state index is 12.4.